The zero-order chi connectivity index (χ0) is 23.0. The van der Waals surface area contributed by atoms with Crippen LogP contribution in [0.3, 0.4) is 0 Å². The maximum atomic E-state index is 5.19. The van der Waals surface area contributed by atoms with Crippen molar-refractivity contribution in [3.8, 4) is 0 Å². The summed E-state index contributed by atoms with van der Waals surface area (Å²) < 4.78 is 0. The molecule has 0 bridgehead atoms. The molecule has 0 saturated heterocycles. The van der Waals surface area contributed by atoms with Gasteiger partial charge in [0.2, 0.25) is 0 Å². The van der Waals surface area contributed by atoms with E-state index in [1.165, 1.54) is 32.6 Å². The molecule has 5 aromatic rings. The highest BCUT2D eigenvalue weighted by molar-refractivity contribution is 7.72. The van der Waals surface area contributed by atoms with Crippen molar-refractivity contribution in [1.82, 2.24) is 4.98 Å². The first-order valence-electron chi connectivity index (χ1n) is 11.6. The van der Waals surface area contributed by atoms with Gasteiger partial charge in [-0.1, -0.05) is 127 Å². The molecule has 0 aliphatic rings. The van der Waals surface area contributed by atoms with Crippen LogP contribution in [0.15, 0.2) is 140 Å². The number of benzene rings is 4. The molecule has 0 fully saturated rings. The average Bonchev–Trinajstić information content (AvgIpc) is 2.92. The lowest BCUT2D eigenvalue weighted by Gasteiger charge is -2.20. The number of hydrogen-bond acceptors (Lipinski definition) is 1. The van der Waals surface area contributed by atoms with Gasteiger partial charge in [-0.05, 0) is 49.2 Å². The molecule has 3 heteroatoms. The van der Waals surface area contributed by atoms with Crippen molar-refractivity contribution in [2.45, 2.75) is 12.3 Å². The van der Waals surface area contributed by atoms with E-state index in [1.54, 1.807) is 0 Å². The van der Waals surface area contributed by atoms with Gasteiger partial charge in [-0.15, -0.1) is 0 Å². The number of nitrogens with zero attached hydrogens (tertiary/aromatic N) is 1. The van der Waals surface area contributed by atoms with Crippen LogP contribution in [0.1, 0.15) is 11.4 Å². The van der Waals surface area contributed by atoms with Crippen molar-refractivity contribution in [1.29, 1.82) is 0 Å². The molecule has 166 valence electrons. The van der Waals surface area contributed by atoms with Crippen LogP contribution < -0.4 is 21.2 Å². The van der Waals surface area contributed by atoms with Crippen LogP contribution in [0.25, 0.3) is 0 Å². The van der Waals surface area contributed by atoms with E-state index in [2.05, 4.69) is 140 Å². The molecule has 0 spiro atoms. The SMILES string of the molecule is c1ccc(P(Cc2cccc(CP(c3ccccc3)c3ccccc3)n2)c2ccccc2)cc1. The van der Waals surface area contributed by atoms with E-state index in [-0.39, 0.29) is 0 Å². The molecule has 0 amide bonds. The van der Waals surface area contributed by atoms with Crippen LogP contribution >= 0.6 is 15.8 Å². The number of aromatic nitrogens is 1. The van der Waals surface area contributed by atoms with Gasteiger partial charge in [0.05, 0.1) is 0 Å². The Kier molecular flexibility index (Phi) is 7.57. The Hall–Kier alpha value is -3.11. The molecule has 34 heavy (non-hydrogen) atoms. The molecule has 0 radical (unpaired) electrons. The Morgan fingerprint density at radius 3 is 0.941 bits per heavy atom. The molecule has 0 N–H and O–H groups in total. The minimum atomic E-state index is -0.505. The van der Waals surface area contributed by atoms with Crippen LogP contribution in [-0.2, 0) is 12.3 Å². The highest BCUT2D eigenvalue weighted by Crippen LogP contribution is 2.39. The van der Waals surface area contributed by atoms with Crippen molar-refractivity contribution in [3.05, 3.63) is 151 Å². The average molecular weight is 476 g/mol. The number of hydrogen-bond donors (Lipinski definition) is 0. The van der Waals surface area contributed by atoms with Gasteiger partial charge in [-0.3, -0.25) is 4.98 Å². The minimum Gasteiger partial charge on any atom is -0.257 e. The van der Waals surface area contributed by atoms with E-state index < -0.39 is 15.8 Å². The van der Waals surface area contributed by atoms with Gasteiger partial charge >= 0.3 is 0 Å². The molecule has 0 unspecified atom stereocenters. The Bertz CT molecular complexity index is 1110. The molecule has 5 rings (SSSR count). The second-order valence-electron chi connectivity index (χ2n) is 8.13. The third-order valence-corrected chi connectivity index (χ3v) is 10.7. The first kappa shape index (κ1) is 22.7. The lowest BCUT2D eigenvalue weighted by molar-refractivity contribution is 1.09. The van der Waals surface area contributed by atoms with Crippen LogP contribution in [0.4, 0.5) is 0 Å². The van der Waals surface area contributed by atoms with Crippen LogP contribution in [0.5, 0.6) is 0 Å². The van der Waals surface area contributed by atoms with Gasteiger partial charge in [0.1, 0.15) is 0 Å². The molecule has 1 heterocycles. The Balaban J connectivity index is 1.44. The summed E-state index contributed by atoms with van der Waals surface area (Å²) in [4.78, 5) is 5.19. The lowest BCUT2D eigenvalue weighted by Crippen LogP contribution is -2.15. The van der Waals surface area contributed by atoms with Gasteiger partial charge in [-0.25, -0.2) is 0 Å². The fourth-order valence-electron chi connectivity index (χ4n) is 4.12. The zero-order valence-corrected chi connectivity index (χ0v) is 20.8. The number of rotatable bonds is 8. The second-order valence-corrected chi connectivity index (χ2v) is 12.5. The smallest absolute Gasteiger partial charge is 0.0456 e. The molecular formula is C31H27NP2. The number of pyridine rings is 1. The topological polar surface area (TPSA) is 12.9 Å². The van der Waals surface area contributed by atoms with Crippen LogP contribution in [0, 0.1) is 0 Å². The molecule has 4 aromatic carbocycles. The summed E-state index contributed by atoms with van der Waals surface area (Å²) >= 11 is 0. The van der Waals surface area contributed by atoms with Crippen molar-refractivity contribution in [3.63, 3.8) is 0 Å². The van der Waals surface area contributed by atoms with E-state index >= 15 is 0 Å². The molecule has 0 atom stereocenters. The maximum Gasteiger partial charge on any atom is 0.0456 e. The van der Waals surface area contributed by atoms with E-state index in [0.717, 1.165) is 12.3 Å². The van der Waals surface area contributed by atoms with Gasteiger partial charge in [0.25, 0.3) is 0 Å². The molecule has 0 saturated carbocycles. The monoisotopic (exact) mass is 475 g/mol. The standard InChI is InChI=1S/C31H27NP2/c1-5-16-28(17-6-1)33(29-18-7-2-8-19-29)24-26-14-13-15-27(32-26)25-34(30-20-9-3-10-21-30)31-22-11-4-12-23-31/h1-23H,24-25H2. The third-order valence-electron chi connectivity index (χ3n) is 5.78. The first-order chi connectivity index (χ1) is 16.9. The zero-order valence-electron chi connectivity index (χ0n) is 19.0. The minimum absolute atomic E-state index is 0.505. The normalized spacial score (nSPS) is 11.1. The van der Waals surface area contributed by atoms with E-state index in [9.17, 15) is 0 Å². The quantitative estimate of drug-likeness (QED) is 0.239. The van der Waals surface area contributed by atoms with Gasteiger partial charge < -0.3 is 0 Å². The van der Waals surface area contributed by atoms with E-state index in [1.807, 2.05) is 0 Å². The fraction of sp³-hybridized carbons (Fsp3) is 0.0645. The maximum absolute atomic E-state index is 5.19. The Labute approximate surface area is 205 Å². The fourth-order valence-corrected chi connectivity index (χ4v) is 8.58. The highest BCUT2D eigenvalue weighted by atomic mass is 31.1. The molecule has 1 nitrogen and oxygen atoms in total. The first-order valence-corrected chi connectivity index (χ1v) is 14.6. The third kappa shape index (κ3) is 5.68. The van der Waals surface area contributed by atoms with Gasteiger partial charge in [0.15, 0.2) is 0 Å². The van der Waals surface area contributed by atoms with Gasteiger partial charge in [0, 0.05) is 23.7 Å². The lowest BCUT2D eigenvalue weighted by atomic mass is 10.3. The molecular weight excluding hydrogens is 448 g/mol. The van der Waals surface area contributed by atoms with E-state index in [0.29, 0.717) is 0 Å². The summed E-state index contributed by atoms with van der Waals surface area (Å²) in [6.07, 6.45) is 1.90. The summed E-state index contributed by atoms with van der Waals surface area (Å²) in [6.45, 7) is 0. The predicted octanol–water partition coefficient (Wildman–Crippen LogP) is 6.35. The highest BCUT2D eigenvalue weighted by Gasteiger charge is 2.17. The predicted molar refractivity (Wildman–Crippen MR) is 150 cm³/mol. The van der Waals surface area contributed by atoms with Crippen molar-refractivity contribution < 1.29 is 0 Å². The largest absolute Gasteiger partial charge is 0.257 e. The summed E-state index contributed by atoms with van der Waals surface area (Å²) in [6, 6.07) is 50.1. The van der Waals surface area contributed by atoms with Crippen molar-refractivity contribution >= 4 is 37.1 Å². The van der Waals surface area contributed by atoms with Crippen molar-refractivity contribution in [2.75, 3.05) is 0 Å². The Morgan fingerprint density at radius 1 is 0.353 bits per heavy atom. The van der Waals surface area contributed by atoms with Gasteiger partial charge in [-0.2, -0.15) is 0 Å². The molecule has 0 aliphatic heterocycles. The Morgan fingerprint density at radius 2 is 0.647 bits per heavy atom. The second kappa shape index (κ2) is 11.3. The van der Waals surface area contributed by atoms with E-state index in [4.69, 9.17) is 4.98 Å². The van der Waals surface area contributed by atoms with Crippen molar-refractivity contribution in [2.24, 2.45) is 0 Å². The van der Waals surface area contributed by atoms with Crippen LogP contribution in [0.2, 0.25) is 0 Å². The summed E-state index contributed by atoms with van der Waals surface area (Å²) in [5.74, 6) is 0. The van der Waals surface area contributed by atoms with Crippen LogP contribution in [-0.4, -0.2) is 4.98 Å². The molecule has 0 aliphatic carbocycles. The molecule has 1 aromatic heterocycles. The summed E-state index contributed by atoms with van der Waals surface area (Å²) in [5.41, 5.74) is 2.35. The summed E-state index contributed by atoms with van der Waals surface area (Å²) in [5, 5.41) is 5.58. The summed E-state index contributed by atoms with van der Waals surface area (Å²) in [7, 11) is -1.01.